The third-order valence-corrected chi connectivity index (χ3v) is 3.73. The summed E-state index contributed by atoms with van der Waals surface area (Å²) in [5.41, 5.74) is 0.219. The summed E-state index contributed by atoms with van der Waals surface area (Å²) in [4.78, 5) is 12.0. The molecule has 1 saturated heterocycles. The van der Waals surface area contributed by atoms with E-state index in [4.69, 9.17) is 0 Å². The number of amides is 1. The molecule has 92 valence electrons. The second-order valence-electron chi connectivity index (χ2n) is 4.22. The van der Waals surface area contributed by atoms with Crippen LogP contribution in [-0.4, -0.2) is 18.5 Å². The van der Waals surface area contributed by atoms with Crippen LogP contribution in [0, 0.1) is 11.7 Å². The van der Waals surface area contributed by atoms with Crippen LogP contribution in [-0.2, 0) is 4.79 Å². The monoisotopic (exact) mass is 300 g/mol. The van der Waals surface area contributed by atoms with Gasteiger partial charge >= 0.3 is 0 Å². The molecule has 0 bridgehead atoms. The molecule has 1 aromatic carbocycles. The molecule has 0 saturated carbocycles. The van der Waals surface area contributed by atoms with E-state index in [0.29, 0.717) is 4.47 Å². The molecule has 0 radical (unpaired) electrons. The quantitative estimate of drug-likeness (QED) is 0.881. The van der Waals surface area contributed by atoms with E-state index < -0.39 is 5.82 Å². The van der Waals surface area contributed by atoms with E-state index in [1.54, 1.807) is 12.1 Å². The van der Waals surface area contributed by atoms with Crippen LogP contribution in [0.2, 0.25) is 0 Å². The molecule has 1 heterocycles. The fraction of sp³-hybridized carbons (Fsp3) is 0.417. The summed E-state index contributed by atoms with van der Waals surface area (Å²) in [6.07, 6.45) is 0.791. The lowest BCUT2D eigenvalue weighted by Crippen LogP contribution is -2.32. The molecule has 1 amide bonds. The third kappa shape index (κ3) is 2.66. The van der Waals surface area contributed by atoms with E-state index in [0.717, 1.165) is 13.0 Å². The van der Waals surface area contributed by atoms with Crippen LogP contribution in [0.25, 0.3) is 0 Å². The summed E-state index contributed by atoms with van der Waals surface area (Å²) in [5.74, 6) is -0.652. The van der Waals surface area contributed by atoms with E-state index >= 15 is 0 Å². The number of hydrogen-bond acceptors (Lipinski definition) is 2. The van der Waals surface area contributed by atoms with Crippen LogP contribution < -0.4 is 10.6 Å². The first-order valence-electron chi connectivity index (χ1n) is 5.58. The lowest BCUT2D eigenvalue weighted by Gasteiger charge is -2.16. The minimum absolute atomic E-state index is 0.0958. The molecular formula is C12H14BrFN2O. The second-order valence-corrected chi connectivity index (χ2v) is 5.08. The molecule has 3 nitrogen and oxygen atoms in total. The lowest BCUT2D eigenvalue weighted by atomic mass is 10.0. The van der Waals surface area contributed by atoms with Crippen molar-refractivity contribution in [1.29, 1.82) is 0 Å². The van der Waals surface area contributed by atoms with Gasteiger partial charge in [-0.25, -0.2) is 4.39 Å². The van der Waals surface area contributed by atoms with Crippen molar-refractivity contribution in [2.24, 2.45) is 5.92 Å². The van der Waals surface area contributed by atoms with Crippen LogP contribution in [0.3, 0.4) is 0 Å². The summed E-state index contributed by atoms with van der Waals surface area (Å²) in [6, 6.07) is 4.76. The fourth-order valence-electron chi connectivity index (χ4n) is 2.05. The van der Waals surface area contributed by atoms with E-state index in [1.807, 2.05) is 6.92 Å². The predicted molar refractivity (Wildman–Crippen MR) is 68.3 cm³/mol. The van der Waals surface area contributed by atoms with Crippen LogP contribution in [0.4, 0.5) is 10.1 Å². The topological polar surface area (TPSA) is 41.1 Å². The number of rotatable bonds is 2. The Morgan fingerprint density at radius 1 is 1.59 bits per heavy atom. The maximum absolute atomic E-state index is 13.5. The smallest absolute Gasteiger partial charge is 0.229 e. The summed E-state index contributed by atoms with van der Waals surface area (Å²) < 4.78 is 14.1. The minimum atomic E-state index is -0.425. The van der Waals surface area contributed by atoms with Gasteiger partial charge in [-0.3, -0.25) is 4.79 Å². The molecule has 0 aliphatic carbocycles. The van der Waals surface area contributed by atoms with Crippen molar-refractivity contribution in [3.8, 4) is 0 Å². The zero-order valence-corrected chi connectivity index (χ0v) is 11.1. The van der Waals surface area contributed by atoms with Gasteiger partial charge in [-0.05, 0) is 48.0 Å². The molecule has 1 fully saturated rings. The van der Waals surface area contributed by atoms with Crippen molar-refractivity contribution >= 4 is 27.5 Å². The molecule has 0 aromatic heterocycles. The maximum atomic E-state index is 13.5. The molecule has 2 rings (SSSR count). The predicted octanol–water partition coefficient (Wildman–Crippen LogP) is 2.52. The third-order valence-electron chi connectivity index (χ3n) is 3.07. The Morgan fingerprint density at radius 3 is 2.94 bits per heavy atom. The highest BCUT2D eigenvalue weighted by Gasteiger charge is 2.30. The summed E-state index contributed by atoms with van der Waals surface area (Å²) in [7, 11) is 0. The number of benzene rings is 1. The van der Waals surface area contributed by atoms with E-state index in [1.165, 1.54) is 6.07 Å². The van der Waals surface area contributed by atoms with Gasteiger partial charge in [0.05, 0.1) is 11.6 Å². The Bertz CT molecular complexity index is 418. The minimum Gasteiger partial charge on any atom is -0.322 e. The van der Waals surface area contributed by atoms with Gasteiger partial charge in [0, 0.05) is 10.5 Å². The Labute approximate surface area is 108 Å². The largest absolute Gasteiger partial charge is 0.322 e. The van der Waals surface area contributed by atoms with Gasteiger partial charge in [-0.2, -0.15) is 0 Å². The molecule has 17 heavy (non-hydrogen) atoms. The number of hydrogen-bond donors (Lipinski definition) is 2. The highest BCUT2D eigenvalue weighted by Crippen LogP contribution is 2.26. The van der Waals surface area contributed by atoms with Crippen molar-refractivity contribution in [2.75, 3.05) is 11.9 Å². The van der Waals surface area contributed by atoms with Crippen LogP contribution >= 0.6 is 15.9 Å². The summed E-state index contributed by atoms with van der Waals surface area (Å²) in [5, 5.41) is 5.85. The first-order valence-corrected chi connectivity index (χ1v) is 6.37. The van der Waals surface area contributed by atoms with Crippen molar-refractivity contribution in [3.05, 3.63) is 28.5 Å². The molecule has 1 aliphatic heterocycles. The lowest BCUT2D eigenvalue weighted by molar-refractivity contribution is -0.120. The van der Waals surface area contributed by atoms with Crippen LogP contribution in [0.5, 0.6) is 0 Å². The average Bonchev–Trinajstić information content (AvgIpc) is 2.70. The van der Waals surface area contributed by atoms with Crippen molar-refractivity contribution in [3.63, 3.8) is 0 Å². The van der Waals surface area contributed by atoms with Crippen LogP contribution in [0.15, 0.2) is 22.7 Å². The Hall–Kier alpha value is -0.940. The number of para-hydroxylation sites is 1. The van der Waals surface area contributed by atoms with Gasteiger partial charge in [0.25, 0.3) is 0 Å². The second kappa shape index (κ2) is 5.14. The fourth-order valence-corrected chi connectivity index (χ4v) is 2.49. The molecule has 1 aromatic rings. The average molecular weight is 301 g/mol. The molecule has 1 aliphatic rings. The number of halogens is 2. The number of anilines is 1. The molecule has 2 unspecified atom stereocenters. The van der Waals surface area contributed by atoms with Crippen molar-refractivity contribution in [1.82, 2.24) is 5.32 Å². The Morgan fingerprint density at radius 2 is 2.35 bits per heavy atom. The Balaban J connectivity index is 2.13. The van der Waals surface area contributed by atoms with Crippen LogP contribution in [0.1, 0.15) is 13.3 Å². The first-order chi connectivity index (χ1) is 8.09. The molecule has 2 atom stereocenters. The number of nitrogens with one attached hydrogen (secondary N) is 2. The Kier molecular flexibility index (Phi) is 3.79. The number of carbonyl (C=O) groups excluding carboxylic acids is 1. The van der Waals surface area contributed by atoms with E-state index in [2.05, 4.69) is 26.6 Å². The molecule has 0 spiro atoms. The van der Waals surface area contributed by atoms with Crippen molar-refractivity contribution in [2.45, 2.75) is 19.4 Å². The molecule has 2 N–H and O–H groups in total. The highest BCUT2D eigenvalue weighted by molar-refractivity contribution is 9.10. The normalized spacial score (nSPS) is 23.7. The van der Waals surface area contributed by atoms with Crippen molar-refractivity contribution < 1.29 is 9.18 Å². The number of carbonyl (C=O) groups is 1. The standard InChI is InChI=1S/C12H14BrFN2O/c1-7-8(5-6-15-7)12(17)16-11-9(13)3-2-4-10(11)14/h2-4,7-8,15H,5-6H2,1H3,(H,16,17). The molecule has 5 heteroatoms. The highest BCUT2D eigenvalue weighted by atomic mass is 79.9. The van der Waals surface area contributed by atoms with Gasteiger partial charge in [0.15, 0.2) is 0 Å². The summed E-state index contributed by atoms with van der Waals surface area (Å²) in [6.45, 7) is 2.80. The van der Waals surface area contributed by atoms with E-state index in [9.17, 15) is 9.18 Å². The summed E-state index contributed by atoms with van der Waals surface area (Å²) >= 11 is 3.23. The zero-order chi connectivity index (χ0) is 12.4. The van der Waals surface area contributed by atoms with Gasteiger partial charge in [0.1, 0.15) is 5.82 Å². The molecular weight excluding hydrogens is 287 g/mol. The zero-order valence-electron chi connectivity index (χ0n) is 9.47. The van der Waals surface area contributed by atoms with Gasteiger partial charge in [-0.1, -0.05) is 6.07 Å². The van der Waals surface area contributed by atoms with E-state index in [-0.39, 0.29) is 23.6 Å². The van der Waals surface area contributed by atoms with Gasteiger partial charge < -0.3 is 10.6 Å². The SMILES string of the molecule is CC1NCCC1C(=O)Nc1c(F)cccc1Br. The maximum Gasteiger partial charge on any atom is 0.229 e. The first kappa shape index (κ1) is 12.5. The van der Waals surface area contributed by atoms with Gasteiger partial charge in [-0.15, -0.1) is 0 Å². The van der Waals surface area contributed by atoms with Gasteiger partial charge in [0.2, 0.25) is 5.91 Å².